The minimum atomic E-state index is -0.932. The molecule has 0 spiro atoms. The monoisotopic (exact) mass is 256 g/mol. The van der Waals surface area contributed by atoms with Crippen LogP contribution in [-0.4, -0.2) is 34.2 Å². The first-order chi connectivity index (χ1) is 8.09. The molecule has 1 aliphatic rings. The number of aryl methyl sites for hydroxylation is 1. The van der Waals surface area contributed by atoms with E-state index in [9.17, 15) is 4.79 Å². The van der Waals surface area contributed by atoms with E-state index in [4.69, 9.17) is 9.84 Å². The zero-order valence-electron chi connectivity index (χ0n) is 9.90. The molecular formula is C11H16N2O3S. The van der Waals surface area contributed by atoms with Gasteiger partial charge < -0.3 is 15.2 Å². The van der Waals surface area contributed by atoms with Gasteiger partial charge in [0, 0.05) is 6.61 Å². The fourth-order valence-corrected chi connectivity index (χ4v) is 2.90. The fourth-order valence-electron chi connectivity index (χ4n) is 2.02. The van der Waals surface area contributed by atoms with E-state index in [0.29, 0.717) is 10.7 Å². The normalized spacial score (nSPS) is 21.4. The number of carboxylic acid groups (broad SMARTS) is 1. The van der Waals surface area contributed by atoms with Crippen LogP contribution in [0.5, 0.6) is 0 Å². The van der Waals surface area contributed by atoms with Gasteiger partial charge in [-0.25, -0.2) is 4.79 Å². The molecule has 0 amide bonds. The van der Waals surface area contributed by atoms with Crippen LogP contribution in [0.3, 0.4) is 0 Å². The van der Waals surface area contributed by atoms with Gasteiger partial charge in [0.1, 0.15) is 10.6 Å². The van der Waals surface area contributed by atoms with Gasteiger partial charge in [-0.3, -0.25) is 0 Å². The lowest BCUT2D eigenvalue weighted by atomic mass is 10.1. The van der Waals surface area contributed by atoms with Crippen LogP contribution in [0, 0.1) is 6.92 Å². The van der Waals surface area contributed by atoms with Gasteiger partial charge in [-0.05, 0) is 38.2 Å². The number of aromatic nitrogens is 1. The van der Waals surface area contributed by atoms with Crippen LogP contribution < -0.4 is 5.32 Å². The van der Waals surface area contributed by atoms with Crippen molar-refractivity contribution in [3.63, 3.8) is 0 Å². The van der Waals surface area contributed by atoms with Crippen molar-refractivity contribution in [1.29, 1.82) is 0 Å². The highest BCUT2D eigenvalue weighted by atomic mass is 32.1. The van der Waals surface area contributed by atoms with E-state index in [1.54, 1.807) is 6.92 Å². The highest BCUT2D eigenvalue weighted by molar-refractivity contribution is 7.10. The Morgan fingerprint density at radius 2 is 2.47 bits per heavy atom. The van der Waals surface area contributed by atoms with E-state index in [2.05, 4.69) is 9.69 Å². The van der Waals surface area contributed by atoms with Gasteiger partial charge >= 0.3 is 5.97 Å². The van der Waals surface area contributed by atoms with Crippen LogP contribution in [-0.2, 0) is 4.74 Å². The smallest absolute Gasteiger partial charge is 0.340 e. The number of hydrogen-bond donors (Lipinski definition) is 2. The third-order valence-corrected chi connectivity index (χ3v) is 3.83. The summed E-state index contributed by atoms with van der Waals surface area (Å²) >= 11 is 1.19. The lowest BCUT2D eigenvalue weighted by molar-refractivity contribution is 0.0696. The summed E-state index contributed by atoms with van der Waals surface area (Å²) in [5, 5.41) is 12.9. The number of hydrogen-bond acceptors (Lipinski definition) is 5. The maximum atomic E-state index is 11.1. The van der Waals surface area contributed by atoms with E-state index in [-0.39, 0.29) is 17.7 Å². The molecule has 1 aromatic rings. The first-order valence-corrected chi connectivity index (χ1v) is 6.44. The summed E-state index contributed by atoms with van der Waals surface area (Å²) in [5.74, 6) is -0.932. The van der Waals surface area contributed by atoms with E-state index in [0.717, 1.165) is 19.4 Å². The Balaban J connectivity index is 2.10. The zero-order chi connectivity index (χ0) is 12.4. The van der Waals surface area contributed by atoms with Crippen molar-refractivity contribution in [2.45, 2.75) is 38.8 Å². The Bertz CT molecular complexity index is 413. The second kappa shape index (κ2) is 5.01. The highest BCUT2D eigenvalue weighted by Crippen LogP contribution is 2.27. The first kappa shape index (κ1) is 12.3. The average molecular weight is 256 g/mol. The molecule has 1 aromatic heterocycles. The lowest BCUT2D eigenvalue weighted by Crippen LogP contribution is -2.30. The van der Waals surface area contributed by atoms with E-state index in [1.807, 2.05) is 6.92 Å². The van der Waals surface area contributed by atoms with Gasteiger partial charge in [-0.1, -0.05) is 0 Å². The summed E-state index contributed by atoms with van der Waals surface area (Å²) in [4.78, 5) is 11.1. The van der Waals surface area contributed by atoms with E-state index in [1.165, 1.54) is 11.5 Å². The number of nitrogens with zero attached hydrogens (tertiary/aromatic N) is 1. The van der Waals surface area contributed by atoms with Gasteiger partial charge in [0.15, 0.2) is 0 Å². The topological polar surface area (TPSA) is 71.5 Å². The summed E-state index contributed by atoms with van der Waals surface area (Å²) in [5.41, 5.74) is 0.837. The largest absolute Gasteiger partial charge is 0.478 e. The molecule has 2 rings (SSSR count). The van der Waals surface area contributed by atoms with Gasteiger partial charge in [0.05, 0.1) is 17.8 Å². The third kappa shape index (κ3) is 2.58. The second-order valence-corrected chi connectivity index (χ2v) is 5.04. The molecule has 17 heavy (non-hydrogen) atoms. The molecule has 94 valence electrons. The van der Waals surface area contributed by atoms with Crippen molar-refractivity contribution < 1.29 is 14.6 Å². The number of aromatic carboxylic acids is 1. The van der Waals surface area contributed by atoms with Crippen molar-refractivity contribution in [3.8, 4) is 0 Å². The lowest BCUT2D eigenvalue weighted by Gasteiger charge is -2.20. The van der Waals surface area contributed by atoms with Gasteiger partial charge in [-0.2, -0.15) is 4.37 Å². The number of carboxylic acids is 1. The second-order valence-electron chi connectivity index (χ2n) is 4.26. The molecule has 2 unspecified atom stereocenters. The number of nitrogens with one attached hydrogen (secondary N) is 1. The summed E-state index contributed by atoms with van der Waals surface area (Å²) in [6.07, 6.45) is 2.26. The predicted octanol–water partition coefficient (Wildman–Crippen LogP) is 2.13. The summed E-state index contributed by atoms with van der Waals surface area (Å²) < 4.78 is 9.64. The summed E-state index contributed by atoms with van der Waals surface area (Å²) in [6, 6.07) is 0.107. The molecule has 0 aliphatic carbocycles. The molecule has 2 atom stereocenters. The maximum absolute atomic E-state index is 11.1. The molecule has 0 saturated carbocycles. The van der Waals surface area contributed by atoms with Crippen molar-refractivity contribution in [3.05, 3.63) is 11.3 Å². The molecular weight excluding hydrogens is 240 g/mol. The Morgan fingerprint density at radius 1 is 1.71 bits per heavy atom. The average Bonchev–Trinajstić information content (AvgIpc) is 2.87. The minimum absolute atomic E-state index is 0.107. The first-order valence-electron chi connectivity index (χ1n) is 5.67. The molecule has 1 aliphatic heterocycles. The minimum Gasteiger partial charge on any atom is -0.478 e. The summed E-state index contributed by atoms with van der Waals surface area (Å²) in [6.45, 7) is 4.52. The van der Waals surface area contributed by atoms with Gasteiger partial charge in [-0.15, -0.1) is 0 Å². The predicted molar refractivity (Wildman–Crippen MR) is 65.9 cm³/mol. The van der Waals surface area contributed by atoms with Crippen LogP contribution in [0.25, 0.3) is 0 Å². The Labute approximate surface area is 104 Å². The SMILES string of the molecule is Cc1nsc(NC(C)C2CCCO2)c1C(=O)O. The van der Waals surface area contributed by atoms with Gasteiger partial charge in [0.2, 0.25) is 0 Å². The Morgan fingerprint density at radius 3 is 3.06 bits per heavy atom. The standard InChI is InChI=1S/C11H16N2O3S/c1-6(8-4-3-5-16-8)12-10-9(11(14)15)7(2)13-17-10/h6,8,12H,3-5H2,1-2H3,(H,14,15). The molecule has 2 heterocycles. The number of ether oxygens (including phenoxy) is 1. The molecule has 0 radical (unpaired) electrons. The Kier molecular flexibility index (Phi) is 3.63. The molecule has 0 bridgehead atoms. The van der Waals surface area contributed by atoms with Crippen LogP contribution in [0.4, 0.5) is 5.00 Å². The summed E-state index contributed by atoms with van der Waals surface area (Å²) in [7, 11) is 0. The van der Waals surface area contributed by atoms with Crippen LogP contribution in [0.15, 0.2) is 0 Å². The fraction of sp³-hybridized carbons (Fsp3) is 0.636. The van der Waals surface area contributed by atoms with Crippen LogP contribution in [0.1, 0.15) is 35.8 Å². The quantitative estimate of drug-likeness (QED) is 0.863. The molecule has 5 nitrogen and oxygen atoms in total. The number of carbonyl (C=O) groups is 1. The molecule has 0 aromatic carbocycles. The third-order valence-electron chi connectivity index (χ3n) is 2.96. The maximum Gasteiger partial charge on any atom is 0.340 e. The van der Waals surface area contributed by atoms with Crippen molar-refractivity contribution in [1.82, 2.24) is 4.37 Å². The zero-order valence-corrected chi connectivity index (χ0v) is 10.7. The Hall–Kier alpha value is -1.14. The van der Waals surface area contributed by atoms with E-state index < -0.39 is 5.97 Å². The molecule has 1 fully saturated rings. The van der Waals surface area contributed by atoms with Crippen molar-refractivity contribution in [2.75, 3.05) is 11.9 Å². The van der Waals surface area contributed by atoms with Crippen molar-refractivity contribution in [2.24, 2.45) is 0 Å². The highest BCUT2D eigenvalue weighted by Gasteiger charge is 2.25. The van der Waals surface area contributed by atoms with E-state index >= 15 is 0 Å². The number of rotatable bonds is 4. The number of anilines is 1. The van der Waals surface area contributed by atoms with Crippen molar-refractivity contribution >= 4 is 22.5 Å². The van der Waals surface area contributed by atoms with Gasteiger partial charge in [0.25, 0.3) is 0 Å². The molecule has 6 heteroatoms. The van der Waals surface area contributed by atoms with Crippen LogP contribution in [0.2, 0.25) is 0 Å². The molecule has 1 saturated heterocycles. The molecule has 2 N–H and O–H groups in total. The van der Waals surface area contributed by atoms with Crippen LogP contribution >= 0.6 is 11.5 Å².